The number of nitrogens with zero attached hydrogens (tertiary/aromatic N) is 1. The highest BCUT2D eigenvalue weighted by Crippen LogP contribution is 2.42. The second-order valence-electron chi connectivity index (χ2n) is 8.75. The van der Waals surface area contributed by atoms with Crippen LogP contribution >= 0.6 is 0 Å². The van der Waals surface area contributed by atoms with Crippen LogP contribution in [0.2, 0.25) is 0 Å². The first-order valence-corrected chi connectivity index (χ1v) is 12.6. The molecule has 1 saturated heterocycles. The standard InChI is InChI=1S/C26H27FN2O2S/c27-22-10-5-11-23(17-22)28-32(30,31)29-16-6-9-21(18-29)26-24-12-3-1-7-19(24)14-15-20-8-2-4-13-25(20)26/h1-5,7-8,10-13,17,21,26,28H,6,9,14-16,18H2. The maximum Gasteiger partial charge on any atom is 0.301 e. The molecular formula is C26H27FN2O2S. The van der Waals surface area contributed by atoms with Crippen LogP contribution in [0, 0.1) is 11.7 Å². The summed E-state index contributed by atoms with van der Waals surface area (Å²) in [5.41, 5.74) is 5.59. The molecule has 3 aromatic carbocycles. The zero-order chi connectivity index (χ0) is 22.1. The topological polar surface area (TPSA) is 49.4 Å². The quantitative estimate of drug-likeness (QED) is 0.599. The Morgan fingerprint density at radius 1 is 0.875 bits per heavy atom. The SMILES string of the molecule is O=S(=O)(Nc1cccc(F)c1)N1CCCC(C2c3ccccc3CCc3ccccc32)C1. The Morgan fingerprint density at radius 3 is 2.19 bits per heavy atom. The minimum absolute atomic E-state index is 0.164. The molecule has 1 N–H and O–H groups in total. The molecule has 32 heavy (non-hydrogen) atoms. The molecule has 0 aromatic heterocycles. The summed E-state index contributed by atoms with van der Waals surface area (Å²) in [6, 6.07) is 22.8. The molecule has 5 rings (SSSR count). The largest absolute Gasteiger partial charge is 0.301 e. The monoisotopic (exact) mass is 450 g/mol. The van der Waals surface area contributed by atoms with Crippen LogP contribution in [0.3, 0.4) is 0 Å². The number of halogens is 1. The molecule has 1 aliphatic carbocycles. The molecule has 1 atom stereocenters. The van der Waals surface area contributed by atoms with E-state index in [-0.39, 0.29) is 17.5 Å². The minimum Gasteiger partial charge on any atom is -0.271 e. The molecule has 1 heterocycles. The minimum atomic E-state index is -3.77. The van der Waals surface area contributed by atoms with Crippen LogP contribution in [0.5, 0.6) is 0 Å². The van der Waals surface area contributed by atoms with Gasteiger partial charge in [0.1, 0.15) is 5.82 Å². The number of hydrogen-bond donors (Lipinski definition) is 1. The molecule has 2 aliphatic rings. The first-order chi connectivity index (χ1) is 15.5. The number of anilines is 1. The second-order valence-corrected chi connectivity index (χ2v) is 10.4. The number of rotatable bonds is 4. The van der Waals surface area contributed by atoms with Gasteiger partial charge in [0.05, 0.1) is 5.69 Å². The van der Waals surface area contributed by atoms with Gasteiger partial charge in [0.2, 0.25) is 0 Å². The molecule has 4 nitrogen and oxygen atoms in total. The Morgan fingerprint density at radius 2 is 1.53 bits per heavy atom. The van der Waals surface area contributed by atoms with Crippen LogP contribution in [0.25, 0.3) is 0 Å². The van der Waals surface area contributed by atoms with E-state index in [1.807, 2.05) is 0 Å². The Kier molecular flexibility index (Phi) is 5.74. The predicted molar refractivity (Wildman–Crippen MR) is 125 cm³/mol. The van der Waals surface area contributed by atoms with E-state index in [1.54, 1.807) is 6.07 Å². The molecule has 0 spiro atoms. The van der Waals surface area contributed by atoms with Crippen LogP contribution in [0.4, 0.5) is 10.1 Å². The van der Waals surface area contributed by atoms with Crippen LogP contribution < -0.4 is 4.72 Å². The van der Waals surface area contributed by atoms with Crippen molar-refractivity contribution in [3.05, 3.63) is 101 Å². The molecule has 1 aliphatic heterocycles. The summed E-state index contributed by atoms with van der Waals surface area (Å²) in [6.45, 7) is 0.912. The highest BCUT2D eigenvalue weighted by molar-refractivity contribution is 7.90. The average Bonchev–Trinajstić information content (AvgIpc) is 2.96. The number of fused-ring (bicyclic) bond motifs is 2. The Hall–Kier alpha value is -2.70. The maximum absolute atomic E-state index is 13.6. The highest BCUT2D eigenvalue weighted by atomic mass is 32.2. The van der Waals surface area contributed by atoms with Crippen LogP contribution in [0.1, 0.15) is 41.0 Å². The van der Waals surface area contributed by atoms with Crippen molar-refractivity contribution in [2.45, 2.75) is 31.6 Å². The number of hydrogen-bond acceptors (Lipinski definition) is 2. The Balaban J connectivity index is 1.47. The van der Waals surface area contributed by atoms with Crippen molar-refractivity contribution in [1.29, 1.82) is 0 Å². The first-order valence-electron chi connectivity index (χ1n) is 11.2. The Bertz CT molecular complexity index is 1180. The van der Waals surface area contributed by atoms with E-state index in [9.17, 15) is 12.8 Å². The fraction of sp³-hybridized carbons (Fsp3) is 0.308. The van der Waals surface area contributed by atoms with E-state index < -0.39 is 16.0 Å². The van der Waals surface area contributed by atoms with Gasteiger partial charge in [-0.3, -0.25) is 4.72 Å². The number of piperidine rings is 1. The maximum atomic E-state index is 13.6. The van der Waals surface area contributed by atoms with Gasteiger partial charge in [0, 0.05) is 19.0 Å². The van der Waals surface area contributed by atoms with Crippen LogP contribution in [-0.4, -0.2) is 25.8 Å². The van der Waals surface area contributed by atoms with Crippen molar-refractivity contribution in [3.8, 4) is 0 Å². The molecule has 0 radical (unpaired) electrons. The van der Waals surface area contributed by atoms with Gasteiger partial charge in [-0.05, 0) is 72.1 Å². The van der Waals surface area contributed by atoms with Crippen molar-refractivity contribution in [2.24, 2.45) is 5.92 Å². The van der Waals surface area contributed by atoms with Gasteiger partial charge in [-0.2, -0.15) is 12.7 Å². The summed E-state index contributed by atoms with van der Waals surface area (Å²) >= 11 is 0. The third-order valence-electron chi connectivity index (χ3n) is 6.75. The molecule has 0 bridgehead atoms. The predicted octanol–water partition coefficient (Wildman–Crippen LogP) is 5.13. The molecule has 166 valence electrons. The first kappa shape index (κ1) is 21.2. The van der Waals surface area contributed by atoms with Gasteiger partial charge in [-0.15, -0.1) is 0 Å². The van der Waals surface area contributed by atoms with E-state index in [4.69, 9.17) is 0 Å². The van der Waals surface area contributed by atoms with E-state index >= 15 is 0 Å². The molecule has 1 unspecified atom stereocenters. The van der Waals surface area contributed by atoms with E-state index in [1.165, 1.54) is 44.8 Å². The van der Waals surface area contributed by atoms with Crippen molar-refractivity contribution < 1.29 is 12.8 Å². The fourth-order valence-corrected chi connectivity index (χ4v) is 6.62. The van der Waals surface area contributed by atoms with Crippen molar-refractivity contribution in [3.63, 3.8) is 0 Å². The third kappa shape index (κ3) is 4.17. The normalized spacial score (nSPS) is 19.6. The zero-order valence-electron chi connectivity index (χ0n) is 17.9. The number of aryl methyl sites for hydroxylation is 2. The fourth-order valence-electron chi connectivity index (χ4n) is 5.31. The molecule has 3 aromatic rings. The van der Waals surface area contributed by atoms with E-state index in [2.05, 4.69) is 53.3 Å². The van der Waals surface area contributed by atoms with Gasteiger partial charge in [-0.1, -0.05) is 54.6 Å². The second kappa shape index (κ2) is 8.68. The van der Waals surface area contributed by atoms with Crippen molar-refractivity contribution in [2.75, 3.05) is 17.8 Å². The van der Waals surface area contributed by atoms with E-state index in [0.717, 1.165) is 25.7 Å². The summed E-state index contributed by atoms with van der Waals surface area (Å²) < 4.78 is 43.9. The third-order valence-corrected chi connectivity index (χ3v) is 8.25. The lowest BCUT2D eigenvalue weighted by molar-refractivity contribution is 0.249. The number of benzene rings is 3. The summed E-state index contributed by atoms with van der Waals surface area (Å²) in [5, 5.41) is 0. The Labute approximate surface area is 189 Å². The lowest BCUT2D eigenvalue weighted by Crippen LogP contribution is -2.44. The van der Waals surface area contributed by atoms with Crippen molar-refractivity contribution >= 4 is 15.9 Å². The smallest absolute Gasteiger partial charge is 0.271 e. The highest BCUT2D eigenvalue weighted by Gasteiger charge is 2.36. The summed E-state index contributed by atoms with van der Waals surface area (Å²) in [6.07, 6.45) is 3.77. The lowest BCUT2D eigenvalue weighted by Gasteiger charge is -2.37. The molecule has 0 saturated carbocycles. The summed E-state index contributed by atoms with van der Waals surface area (Å²) in [5.74, 6) is -0.126. The molecular weight excluding hydrogens is 423 g/mol. The average molecular weight is 451 g/mol. The summed E-state index contributed by atoms with van der Waals surface area (Å²) in [4.78, 5) is 0. The number of nitrogens with one attached hydrogen (secondary N) is 1. The van der Waals surface area contributed by atoms with Gasteiger partial charge in [0.15, 0.2) is 0 Å². The van der Waals surface area contributed by atoms with Crippen LogP contribution in [0.15, 0.2) is 72.8 Å². The van der Waals surface area contributed by atoms with Gasteiger partial charge in [0.25, 0.3) is 0 Å². The molecule has 1 fully saturated rings. The van der Waals surface area contributed by atoms with Gasteiger partial charge < -0.3 is 0 Å². The molecule has 0 amide bonds. The lowest BCUT2D eigenvalue weighted by atomic mass is 9.76. The van der Waals surface area contributed by atoms with Crippen molar-refractivity contribution in [1.82, 2.24) is 4.31 Å². The van der Waals surface area contributed by atoms with Gasteiger partial charge in [-0.25, -0.2) is 4.39 Å². The zero-order valence-corrected chi connectivity index (χ0v) is 18.7. The van der Waals surface area contributed by atoms with E-state index in [0.29, 0.717) is 13.1 Å². The molecule has 6 heteroatoms. The van der Waals surface area contributed by atoms with Crippen LogP contribution in [-0.2, 0) is 23.1 Å². The summed E-state index contributed by atoms with van der Waals surface area (Å²) in [7, 11) is -3.77. The van der Waals surface area contributed by atoms with Gasteiger partial charge >= 0.3 is 10.2 Å².